The molecule has 0 amide bonds. The summed E-state index contributed by atoms with van der Waals surface area (Å²) in [6.45, 7) is 0. The lowest BCUT2D eigenvalue weighted by Crippen LogP contribution is -2.38. The van der Waals surface area contributed by atoms with Crippen LogP contribution in [0.15, 0.2) is 267 Å². The Balaban J connectivity index is 1.05. The van der Waals surface area contributed by atoms with Gasteiger partial charge in [0.15, 0.2) is 0 Å². The zero-order chi connectivity index (χ0) is 45.7. The molecule has 0 fully saturated rings. The topological polar surface area (TPSA) is 34.0 Å². The molecule has 0 saturated carbocycles. The molecule has 324 valence electrons. The van der Waals surface area contributed by atoms with E-state index in [9.17, 15) is 0 Å². The molecule has 0 aliphatic carbocycles. The van der Waals surface area contributed by atoms with E-state index in [0.717, 1.165) is 67.3 Å². The molecule has 13 rings (SSSR count). The van der Waals surface area contributed by atoms with Crippen molar-refractivity contribution in [3.8, 4) is 50.5 Å². The van der Waals surface area contributed by atoms with E-state index in [1.54, 1.807) is 0 Å². The summed E-state index contributed by atoms with van der Waals surface area (Å²) >= 11 is 0. The maximum Gasteiger partial charge on any atom is 0.235 e. The predicted octanol–water partition coefficient (Wildman–Crippen LogP) is 16.4. The van der Waals surface area contributed by atoms with Crippen LogP contribution in [-0.4, -0.2) is 14.5 Å². The van der Waals surface area contributed by atoms with Crippen molar-refractivity contribution in [2.24, 2.45) is 0 Å². The minimum atomic E-state index is -0.670. The highest BCUT2D eigenvalue weighted by Crippen LogP contribution is 2.58. The van der Waals surface area contributed by atoms with Gasteiger partial charge in [-0.2, -0.15) is 0 Å². The lowest BCUT2D eigenvalue weighted by molar-refractivity contribution is 0.729. The molecule has 10 aromatic carbocycles. The summed E-state index contributed by atoms with van der Waals surface area (Å²) in [7, 11) is 0. The molecule has 3 heterocycles. The second kappa shape index (κ2) is 16.6. The first-order chi connectivity index (χ1) is 34.2. The van der Waals surface area contributed by atoms with E-state index < -0.39 is 5.41 Å². The zero-order valence-electron chi connectivity index (χ0n) is 37.7. The number of benzene rings is 10. The fourth-order valence-corrected chi connectivity index (χ4v) is 10.8. The highest BCUT2D eigenvalue weighted by atomic mass is 15.3. The third kappa shape index (κ3) is 6.68. The summed E-state index contributed by atoms with van der Waals surface area (Å²) < 4.78 is 2.39. The van der Waals surface area contributed by atoms with Gasteiger partial charge in [0.2, 0.25) is 5.95 Å². The normalized spacial score (nSPS) is 12.7. The maximum absolute atomic E-state index is 5.49. The lowest BCUT2D eigenvalue weighted by atomic mass is 9.62. The average Bonchev–Trinajstić information content (AvgIpc) is 3.77. The molecule has 1 aliphatic rings. The molecule has 4 heteroatoms. The summed E-state index contributed by atoms with van der Waals surface area (Å²) in [6.07, 6.45) is 0. The van der Waals surface area contributed by atoms with Gasteiger partial charge in [-0.1, -0.05) is 218 Å². The second-order valence-corrected chi connectivity index (χ2v) is 17.7. The van der Waals surface area contributed by atoms with Gasteiger partial charge in [-0.05, 0) is 93.0 Å². The first-order valence-corrected chi connectivity index (χ1v) is 23.6. The molecule has 0 unspecified atom stereocenters. The van der Waals surface area contributed by atoms with Crippen LogP contribution in [0.2, 0.25) is 0 Å². The minimum absolute atomic E-state index is 0.604. The van der Waals surface area contributed by atoms with Gasteiger partial charge in [0.1, 0.15) is 0 Å². The third-order valence-corrected chi connectivity index (χ3v) is 13.9. The van der Waals surface area contributed by atoms with Gasteiger partial charge in [0.05, 0.1) is 39.2 Å². The first kappa shape index (κ1) is 40.2. The van der Waals surface area contributed by atoms with E-state index >= 15 is 0 Å². The van der Waals surface area contributed by atoms with E-state index in [4.69, 9.17) is 9.97 Å². The second-order valence-electron chi connectivity index (χ2n) is 17.7. The van der Waals surface area contributed by atoms with Crippen molar-refractivity contribution in [1.29, 1.82) is 0 Å². The Morgan fingerprint density at radius 1 is 0.304 bits per heavy atom. The third-order valence-electron chi connectivity index (χ3n) is 13.9. The minimum Gasteiger partial charge on any atom is -0.309 e. The fourth-order valence-electron chi connectivity index (χ4n) is 10.8. The van der Waals surface area contributed by atoms with Gasteiger partial charge in [0.25, 0.3) is 0 Å². The van der Waals surface area contributed by atoms with E-state index in [1.807, 2.05) is 12.1 Å². The van der Waals surface area contributed by atoms with E-state index in [2.05, 4.69) is 264 Å². The van der Waals surface area contributed by atoms with Crippen LogP contribution in [0.5, 0.6) is 0 Å². The Hall–Kier alpha value is -9.12. The Bertz CT molecular complexity index is 3710. The van der Waals surface area contributed by atoms with Crippen molar-refractivity contribution >= 4 is 39.1 Å². The maximum atomic E-state index is 5.49. The average molecular weight is 881 g/mol. The monoisotopic (exact) mass is 880 g/mol. The molecule has 0 bridgehead atoms. The van der Waals surface area contributed by atoms with Crippen LogP contribution in [-0.2, 0) is 5.41 Å². The number of nitrogens with zero attached hydrogens (tertiary/aromatic N) is 4. The molecular weight excluding hydrogens is 837 g/mol. The molecule has 1 aliphatic heterocycles. The summed E-state index contributed by atoms with van der Waals surface area (Å²) in [5, 5.41) is 2.41. The van der Waals surface area contributed by atoms with E-state index in [0.29, 0.717) is 5.95 Å². The quantitative estimate of drug-likeness (QED) is 0.152. The van der Waals surface area contributed by atoms with Gasteiger partial charge < -0.3 is 4.57 Å². The summed E-state index contributed by atoms with van der Waals surface area (Å²) in [5.74, 6) is 0.604. The zero-order valence-corrected chi connectivity index (χ0v) is 37.7. The van der Waals surface area contributed by atoms with Crippen molar-refractivity contribution in [1.82, 2.24) is 14.5 Å². The van der Waals surface area contributed by atoms with Crippen molar-refractivity contribution in [2.75, 3.05) is 4.90 Å². The summed E-state index contributed by atoms with van der Waals surface area (Å²) in [6, 6.07) is 96.0. The van der Waals surface area contributed by atoms with Crippen LogP contribution >= 0.6 is 0 Å². The fraction of sp³-hybridized carbons (Fsp3) is 0.0154. The van der Waals surface area contributed by atoms with Crippen LogP contribution in [0.3, 0.4) is 0 Å². The highest BCUT2D eigenvalue weighted by molar-refractivity contribution is 6.10. The Kier molecular flexibility index (Phi) is 9.69. The van der Waals surface area contributed by atoms with Gasteiger partial charge >= 0.3 is 0 Å². The predicted molar refractivity (Wildman–Crippen MR) is 285 cm³/mol. The van der Waals surface area contributed by atoms with Crippen LogP contribution < -0.4 is 4.90 Å². The van der Waals surface area contributed by atoms with Crippen LogP contribution in [0, 0.1) is 0 Å². The van der Waals surface area contributed by atoms with E-state index in [1.165, 1.54) is 38.5 Å². The molecule has 2 aromatic heterocycles. The largest absolute Gasteiger partial charge is 0.309 e. The lowest BCUT2D eigenvalue weighted by Gasteiger charge is -2.46. The van der Waals surface area contributed by atoms with Crippen LogP contribution in [0.1, 0.15) is 22.3 Å². The number of fused-ring (bicyclic) bond motifs is 5. The molecular formula is C65H44N4. The molecule has 12 aromatic rings. The molecule has 0 N–H and O–H groups in total. The molecule has 69 heavy (non-hydrogen) atoms. The Morgan fingerprint density at radius 2 is 0.768 bits per heavy atom. The van der Waals surface area contributed by atoms with Crippen molar-refractivity contribution < 1.29 is 0 Å². The number of rotatable bonds is 8. The molecule has 0 atom stereocenters. The Labute approximate surface area is 401 Å². The van der Waals surface area contributed by atoms with E-state index in [-0.39, 0.29) is 0 Å². The standard InChI is InChI=1S/C65H44N4/c1-6-20-45(21-7-1)46-34-38-53(39-35-46)68-60-32-18-16-30-54(60)55-42-49(37-41-61(55)68)50-36-40-57-63(43-50)69(64-66-58(47-22-8-2-9-23-47)44-59(67-64)48-24-10-3-11-25-48)62-33-19-17-31-56(62)65(57,51-26-12-4-13-27-51)52-28-14-5-15-29-52/h1-44H. The molecule has 0 radical (unpaired) electrons. The highest BCUT2D eigenvalue weighted by Gasteiger charge is 2.47. The number of aromatic nitrogens is 3. The Morgan fingerprint density at radius 3 is 1.41 bits per heavy atom. The van der Waals surface area contributed by atoms with Crippen molar-refractivity contribution in [3.63, 3.8) is 0 Å². The molecule has 0 saturated heterocycles. The van der Waals surface area contributed by atoms with Crippen molar-refractivity contribution in [3.05, 3.63) is 289 Å². The molecule has 0 spiro atoms. The smallest absolute Gasteiger partial charge is 0.235 e. The van der Waals surface area contributed by atoms with Crippen LogP contribution in [0.25, 0.3) is 72.3 Å². The number of para-hydroxylation sites is 2. The summed E-state index contributed by atoms with van der Waals surface area (Å²) in [5.41, 5.74) is 17.9. The van der Waals surface area contributed by atoms with Gasteiger partial charge in [-0.25, -0.2) is 9.97 Å². The van der Waals surface area contributed by atoms with Gasteiger partial charge in [-0.15, -0.1) is 0 Å². The van der Waals surface area contributed by atoms with Gasteiger partial charge in [-0.3, -0.25) is 4.90 Å². The molecule has 4 nitrogen and oxygen atoms in total. The number of hydrogen-bond acceptors (Lipinski definition) is 3. The van der Waals surface area contributed by atoms with Crippen LogP contribution in [0.4, 0.5) is 17.3 Å². The summed E-state index contributed by atoms with van der Waals surface area (Å²) in [4.78, 5) is 13.3. The number of hydrogen-bond donors (Lipinski definition) is 0. The van der Waals surface area contributed by atoms with Crippen molar-refractivity contribution in [2.45, 2.75) is 5.41 Å². The van der Waals surface area contributed by atoms with Gasteiger partial charge in [0, 0.05) is 27.6 Å². The number of anilines is 3. The first-order valence-electron chi connectivity index (χ1n) is 23.6. The SMILES string of the molecule is c1ccc(-c2ccc(-n3c4ccccc4c4cc(-c5ccc6c(c5)N(c5nc(-c7ccccc7)cc(-c7ccccc7)n5)c5ccccc5C6(c5ccccc5)c5ccccc5)ccc43)cc2)cc1.